The van der Waals surface area contributed by atoms with Crippen LogP contribution in [0.25, 0.3) is 0 Å². The van der Waals surface area contributed by atoms with Crippen LogP contribution in [0.5, 0.6) is 11.5 Å². The predicted molar refractivity (Wildman–Crippen MR) is 105 cm³/mol. The fourth-order valence-corrected chi connectivity index (χ4v) is 3.70. The van der Waals surface area contributed by atoms with Crippen molar-refractivity contribution in [1.82, 2.24) is 15.5 Å². The van der Waals surface area contributed by atoms with E-state index in [1.807, 2.05) is 25.2 Å². The van der Waals surface area contributed by atoms with Crippen LogP contribution in [0.15, 0.2) is 23.2 Å². The molecule has 2 N–H and O–H groups in total. The van der Waals surface area contributed by atoms with E-state index < -0.39 is 0 Å². The van der Waals surface area contributed by atoms with E-state index in [1.54, 1.807) is 0 Å². The molecule has 1 aliphatic heterocycles. The fraction of sp³-hybridized carbons (Fsp3) is 0.650. The van der Waals surface area contributed by atoms with E-state index in [9.17, 15) is 0 Å². The third-order valence-corrected chi connectivity index (χ3v) is 5.30. The maximum absolute atomic E-state index is 5.42. The highest BCUT2D eigenvalue weighted by Crippen LogP contribution is 2.32. The topological polar surface area (TPSA) is 58.1 Å². The van der Waals surface area contributed by atoms with Crippen molar-refractivity contribution in [3.05, 3.63) is 23.8 Å². The van der Waals surface area contributed by atoms with E-state index in [2.05, 4.69) is 27.6 Å². The number of hydrogen-bond acceptors (Lipinski definition) is 4. The van der Waals surface area contributed by atoms with Gasteiger partial charge in [-0.2, -0.15) is 0 Å². The standard InChI is InChI=1S/C20H32N4O2/c1-21-20(22-11-6-12-24(2)17-7-4-3-5-8-17)23-14-16-9-10-18-19(13-16)26-15-25-18/h9-10,13,17H,3-8,11-12,14-15H2,1-2H3,(H2,21,22,23). The molecular formula is C20H32N4O2. The molecule has 0 bridgehead atoms. The zero-order valence-corrected chi connectivity index (χ0v) is 16.1. The summed E-state index contributed by atoms with van der Waals surface area (Å²) in [5, 5.41) is 6.76. The van der Waals surface area contributed by atoms with Gasteiger partial charge in [0.15, 0.2) is 17.5 Å². The lowest BCUT2D eigenvalue weighted by Crippen LogP contribution is -2.39. The molecule has 6 nitrogen and oxygen atoms in total. The number of hydrogen-bond donors (Lipinski definition) is 2. The van der Waals surface area contributed by atoms with Gasteiger partial charge in [0.1, 0.15) is 0 Å². The molecule has 0 amide bonds. The van der Waals surface area contributed by atoms with Crippen molar-refractivity contribution in [3.63, 3.8) is 0 Å². The molecular weight excluding hydrogens is 328 g/mol. The number of nitrogens with one attached hydrogen (secondary N) is 2. The quantitative estimate of drug-likeness (QED) is 0.445. The summed E-state index contributed by atoms with van der Waals surface area (Å²) in [5.41, 5.74) is 1.15. The minimum Gasteiger partial charge on any atom is -0.454 e. The molecule has 1 heterocycles. The van der Waals surface area contributed by atoms with Gasteiger partial charge in [-0.15, -0.1) is 0 Å². The zero-order chi connectivity index (χ0) is 18.2. The summed E-state index contributed by atoms with van der Waals surface area (Å²) >= 11 is 0. The van der Waals surface area contributed by atoms with Crippen molar-refractivity contribution >= 4 is 5.96 Å². The van der Waals surface area contributed by atoms with Crippen LogP contribution in [0.1, 0.15) is 44.1 Å². The molecule has 0 radical (unpaired) electrons. The lowest BCUT2D eigenvalue weighted by molar-refractivity contribution is 0.174. The highest BCUT2D eigenvalue weighted by molar-refractivity contribution is 5.79. The van der Waals surface area contributed by atoms with Crippen LogP contribution >= 0.6 is 0 Å². The molecule has 2 aliphatic rings. The Kier molecular flexibility index (Phi) is 7.00. The Morgan fingerprint density at radius 2 is 1.96 bits per heavy atom. The molecule has 0 aromatic heterocycles. The van der Waals surface area contributed by atoms with E-state index in [0.717, 1.165) is 48.6 Å². The monoisotopic (exact) mass is 360 g/mol. The molecule has 0 saturated heterocycles. The van der Waals surface area contributed by atoms with Gasteiger partial charge < -0.3 is 25.0 Å². The molecule has 0 unspecified atom stereocenters. The minimum atomic E-state index is 0.310. The minimum absolute atomic E-state index is 0.310. The number of benzene rings is 1. The molecule has 3 rings (SSSR count). The number of nitrogens with zero attached hydrogens (tertiary/aromatic N) is 2. The Balaban J connectivity index is 1.34. The van der Waals surface area contributed by atoms with Gasteiger partial charge in [0.2, 0.25) is 6.79 Å². The summed E-state index contributed by atoms with van der Waals surface area (Å²) < 4.78 is 10.8. The Morgan fingerprint density at radius 3 is 2.77 bits per heavy atom. The Hall–Kier alpha value is -1.95. The van der Waals surface area contributed by atoms with Crippen LogP contribution < -0.4 is 20.1 Å². The smallest absolute Gasteiger partial charge is 0.231 e. The Bertz CT molecular complexity index is 599. The summed E-state index contributed by atoms with van der Waals surface area (Å²) in [6, 6.07) is 6.80. The lowest BCUT2D eigenvalue weighted by Gasteiger charge is -2.31. The Morgan fingerprint density at radius 1 is 1.15 bits per heavy atom. The van der Waals surface area contributed by atoms with Gasteiger partial charge in [-0.25, -0.2) is 0 Å². The van der Waals surface area contributed by atoms with Crippen molar-refractivity contribution in [1.29, 1.82) is 0 Å². The number of guanidine groups is 1. The maximum Gasteiger partial charge on any atom is 0.231 e. The van der Waals surface area contributed by atoms with Gasteiger partial charge in [0.25, 0.3) is 0 Å². The second-order valence-electron chi connectivity index (χ2n) is 7.17. The SMILES string of the molecule is CN=C(NCCCN(C)C1CCCCC1)NCc1ccc2c(c1)OCO2. The second-order valence-corrected chi connectivity index (χ2v) is 7.17. The van der Waals surface area contributed by atoms with Crippen molar-refractivity contribution in [2.45, 2.75) is 51.1 Å². The third kappa shape index (κ3) is 5.27. The summed E-state index contributed by atoms with van der Waals surface area (Å²) in [5.74, 6) is 2.47. The largest absolute Gasteiger partial charge is 0.454 e. The van der Waals surface area contributed by atoms with Crippen molar-refractivity contribution < 1.29 is 9.47 Å². The lowest BCUT2D eigenvalue weighted by atomic mass is 9.94. The van der Waals surface area contributed by atoms with Gasteiger partial charge >= 0.3 is 0 Å². The van der Waals surface area contributed by atoms with E-state index in [1.165, 1.54) is 32.1 Å². The van der Waals surface area contributed by atoms with Crippen LogP contribution in [0.3, 0.4) is 0 Å². The van der Waals surface area contributed by atoms with Gasteiger partial charge in [-0.05, 0) is 50.6 Å². The first kappa shape index (κ1) is 18.8. The Labute approximate surface area is 157 Å². The average Bonchev–Trinajstić information content (AvgIpc) is 3.15. The van der Waals surface area contributed by atoms with Crippen LogP contribution in [0.2, 0.25) is 0 Å². The fourth-order valence-electron chi connectivity index (χ4n) is 3.70. The molecule has 0 atom stereocenters. The molecule has 6 heteroatoms. The summed E-state index contributed by atoms with van der Waals surface area (Å²) in [4.78, 5) is 6.84. The zero-order valence-electron chi connectivity index (χ0n) is 16.1. The molecule has 26 heavy (non-hydrogen) atoms. The molecule has 144 valence electrons. The molecule has 1 aromatic rings. The van der Waals surface area contributed by atoms with E-state index >= 15 is 0 Å². The first-order chi connectivity index (χ1) is 12.8. The van der Waals surface area contributed by atoms with Crippen molar-refractivity contribution in [2.75, 3.05) is 34.0 Å². The highest BCUT2D eigenvalue weighted by Gasteiger charge is 2.17. The molecule has 1 aromatic carbocycles. The number of rotatable bonds is 7. The molecule has 1 fully saturated rings. The van der Waals surface area contributed by atoms with Crippen LogP contribution in [0.4, 0.5) is 0 Å². The first-order valence-electron chi connectivity index (χ1n) is 9.79. The summed E-state index contributed by atoms with van der Waals surface area (Å²) in [6.45, 7) is 3.08. The van der Waals surface area contributed by atoms with Crippen molar-refractivity contribution in [3.8, 4) is 11.5 Å². The van der Waals surface area contributed by atoms with E-state index in [0.29, 0.717) is 13.3 Å². The maximum atomic E-state index is 5.42. The van der Waals surface area contributed by atoms with Crippen LogP contribution in [0, 0.1) is 0 Å². The van der Waals surface area contributed by atoms with Crippen molar-refractivity contribution in [2.24, 2.45) is 4.99 Å². The second kappa shape index (κ2) is 9.67. The van der Waals surface area contributed by atoms with Gasteiger partial charge in [-0.1, -0.05) is 25.3 Å². The number of fused-ring (bicyclic) bond motifs is 1. The average molecular weight is 361 g/mol. The van der Waals surface area contributed by atoms with Crippen LogP contribution in [-0.4, -0.2) is 50.9 Å². The molecule has 1 saturated carbocycles. The molecule has 1 aliphatic carbocycles. The van der Waals surface area contributed by atoms with Crippen LogP contribution in [-0.2, 0) is 6.54 Å². The normalized spacial score (nSPS) is 17.6. The molecule has 0 spiro atoms. The third-order valence-electron chi connectivity index (χ3n) is 5.30. The predicted octanol–water partition coefficient (Wildman–Crippen LogP) is 2.73. The number of ether oxygens (including phenoxy) is 2. The summed E-state index contributed by atoms with van der Waals surface area (Å²) in [6.07, 6.45) is 8.05. The van der Waals surface area contributed by atoms with E-state index in [-0.39, 0.29) is 0 Å². The number of aliphatic imine (C=N–C) groups is 1. The highest BCUT2D eigenvalue weighted by atomic mass is 16.7. The summed E-state index contributed by atoms with van der Waals surface area (Å²) in [7, 11) is 4.08. The van der Waals surface area contributed by atoms with Gasteiger partial charge in [0.05, 0.1) is 0 Å². The van der Waals surface area contributed by atoms with Gasteiger partial charge in [0, 0.05) is 26.2 Å². The van der Waals surface area contributed by atoms with Gasteiger partial charge in [-0.3, -0.25) is 4.99 Å². The van der Waals surface area contributed by atoms with E-state index in [4.69, 9.17) is 9.47 Å². The first-order valence-corrected chi connectivity index (χ1v) is 9.79.